The number of oxazole rings is 1. The fourth-order valence-electron chi connectivity index (χ4n) is 2.37. The summed E-state index contributed by atoms with van der Waals surface area (Å²) in [5, 5.41) is 6.55. The first kappa shape index (κ1) is 22.4. The minimum absolute atomic E-state index is 0. The summed E-state index contributed by atoms with van der Waals surface area (Å²) in [6.07, 6.45) is 5.00. The molecule has 0 aliphatic heterocycles. The first-order valence-electron chi connectivity index (χ1n) is 8.68. The molecule has 0 amide bonds. The quantitative estimate of drug-likeness (QED) is 0.252. The number of unbranched alkanes of at least 4 members (excludes halogenated alkanes) is 2. The summed E-state index contributed by atoms with van der Waals surface area (Å²) in [6, 6.07) is 8.14. The van der Waals surface area contributed by atoms with E-state index in [9.17, 15) is 0 Å². The summed E-state index contributed by atoms with van der Waals surface area (Å²) in [4.78, 5) is 8.74. The van der Waals surface area contributed by atoms with Crippen molar-refractivity contribution in [2.24, 2.45) is 4.99 Å². The molecule has 0 bridgehead atoms. The van der Waals surface area contributed by atoms with Crippen LogP contribution in [0, 0.1) is 6.92 Å². The first-order chi connectivity index (χ1) is 12.2. The smallest absolute Gasteiger partial charge is 0.226 e. The van der Waals surface area contributed by atoms with Crippen molar-refractivity contribution in [3.8, 4) is 11.5 Å². The highest BCUT2D eigenvalue weighted by atomic mass is 127. The molecule has 1 aromatic carbocycles. The Morgan fingerprint density at radius 1 is 1.15 bits per heavy atom. The van der Waals surface area contributed by atoms with Crippen molar-refractivity contribution >= 4 is 29.9 Å². The van der Waals surface area contributed by atoms with E-state index in [1.165, 1.54) is 5.56 Å². The maximum Gasteiger partial charge on any atom is 0.226 e. The van der Waals surface area contributed by atoms with Crippen LogP contribution in [0.15, 0.2) is 39.9 Å². The first-order valence-corrected chi connectivity index (χ1v) is 8.68. The number of halogens is 1. The zero-order valence-corrected chi connectivity index (χ0v) is 18.1. The number of hydrogen-bond donors (Lipinski definition) is 2. The second kappa shape index (κ2) is 12.7. The Balaban J connectivity index is 0.00000338. The van der Waals surface area contributed by atoms with Gasteiger partial charge >= 0.3 is 0 Å². The maximum atomic E-state index is 5.57. The van der Waals surface area contributed by atoms with Crippen LogP contribution in [-0.2, 0) is 11.3 Å². The van der Waals surface area contributed by atoms with Gasteiger partial charge in [0.2, 0.25) is 5.89 Å². The standard InChI is InChI=1S/C19H28N4O2.HI/c1-15-7-9-16(10-8-15)18-23-17(14-25-18)13-22-19(20-2)21-11-5-4-6-12-24-3;/h7-10,14H,4-6,11-13H2,1-3H3,(H2,20,21,22);1H. The molecule has 1 heterocycles. The molecular formula is C19H29IN4O2. The lowest BCUT2D eigenvalue weighted by molar-refractivity contribution is 0.192. The van der Waals surface area contributed by atoms with E-state index in [-0.39, 0.29) is 24.0 Å². The molecule has 7 heteroatoms. The van der Waals surface area contributed by atoms with Crippen LogP contribution in [0.1, 0.15) is 30.5 Å². The highest BCUT2D eigenvalue weighted by molar-refractivity contribution is 14.0. The van der Waals surface area contributed by atoms with Crippen molar-refractivity contribution in [2.75, 3.05) is 27.3 Å². The van der Waals surface area contributed by atoms with Gasteiger partial charge in [-0.25, -0.2) is 4.98 Å². The summed E-state index contributed by atoms with van der Waals surface area (Å²) in [6.45, 7) is 4.34. The third-order valence-electron chi connectivity index (χ3n) is 3.83. The van der Waals surface area contributed by atoms with Gasteiger partial charge in [-0.15, -0.1) is 24.0 Å². The van der Waals surface area contributed by atoms with Gasteiger partial charge in [-0.1, -0.05) is 17.7 Å². The number of benzene rings is 1. The van der Waals surface area contributed by atoms with E-state index >= 15 is 0 Å². The zero-order valence-electron chi connectivity index (χ0n) is 15.7. The molecule has 0 saturated carbocycles. The van der Waals surface area contributed by atoms with Crippen LogP contribution in [0.25, 0.3) is 11.5 Å². The van der Waals surface area contributed by atoms with Gasteiger partial charge in [0.25, 0.3) is 0 Å². The fourth-order valence-corrected chi connectivity index (χ4v) is 2.37. The van der Waals surface area contributed by atoms with Gasteiger partial charge in [0.1, 0.15) is 6.26 Å². The Morgan fingerprint density at radius 2 is 1.92 bits per heavy atom. The van der Waals surface area contributed by atoms with Crippen LogP contribution < -0.4 is 10.6 Å². The van der Waals surface area contributed by atoms with Gasteiger partial charge in [-0.05, 0) is 38.3 Å². The van der Waals surface area contributed by atoms with E-state index in [0.717, 1.165) is 49.6 Å². The van der Waals surface area contributed by atoms with E-state index in [1.54, 1.807) is 20.4 Å². The van der Waals surface area contributed by atoms with Gasteiger partial charge in [-0.2, -0.15) is 0 Å². The fraction of sp³-hybridized carbons (Fsp3) is 0.474. The maximum absolute atomic E-state index is 5.57. The molecule has 0 fully saturated rings. The molecule has 0 aliphatic carbocycles. The molecule has 0 saturated heterocycles. The molecule has 2 N–H and O–H groups in total. The summed E-state index contributed by atoms with van der Waals surface area (Å²) < 4.78 is 10.6. The summed E-state index contributed by atoms with van der Waals surface area (Å²) in [7, 11) is 3.50. The molecule has 1 aromatic heterocycles. The summed E-state index contributed by atoms with van der Waals surface area (Å²) >= 11 is 0. The Bertz CT molecular complexity index is 656. The lowest BCUT2D eigenvalue weighted by Gasteiger charge is -2.10. The van der Waals surface area contributed by atoms with Gasteiger partial charge < -0.3 is 19.8 Å². The predicted molar refractivity (Wildman–Crippen MR) is 116 cm³/mol. The number of aromatic nitrogens is 1. The monoisotopic (exact) mass is 472 g/mol. The Morgan fingerprint density at radius 3 is 2.62 bits per heavy atom. The second-order valence-electron chi connectivity index (χ2n) is 5.92. The number of aliphatic imine (C=N–C) groups is 1. The molecular weight excluding hydrogens is 443 g/mol. The minimum atomic E-state index is 0. The molecule has 0 unspecified atom stereocenters. The summed E-state index contributed by atoms with van der Waals surface area (Å²) in [5.74, 6) is 1.41. The van der Waals surface area contributed by atoms with Crippen molar-refractivity contribution in [1.82, 2.24) is 15.6 Å². The van der Waals surface area contributed by atoms with Crippen LogP contribution in [0.3, 0.4) is 0 Å². The van der Waals surface area contributed by atoms with Gasteiger partial charge in [0.15, 0.2) is 5.96 Å². The van der Waals surface area contributed by atoms with Crippen molar-refractivity contribution < 1.29 is 9.15 Å². The zero-order chi connectivity index (χ0) is 17.9. The lowest BCUT2D eigenvalue weighted by atomic mass is 10.1. The van der Waals surface area contributed by atoms with Crippen molar-refractivity contribution in [1.29, 1.82) is 0 Å². The Labute approximate surface area is 172 Å². The average Bonchev–Trinajstić information content (AvgIpc) is 3.10. The van der Waals surface area contributed by atoms with Crippen LogP contribution in [0.2, 0.25) is 0 Å². The normalized spacial score (nSPS) is 11.1. The number of nitrogens with one attached hydrogen (secondary N) is 2. The highest BCUT2D eigenvalue weighted by Gasteiger charge is 2.07. The second-order valence-corrected chi connectivity index (χ2v) is 5.92. The number of aryl methyl sites for hydroxylation is 1. The van der Waals surface area contributed by atoms with E-state index < -0.39 is 0 Å². The van der Waals surface area contributed by atoms with Crippen molar-refractivity contribution in [2.45, 2.75) is 32.7 Å². The van der Waals surface area contributed by atoms with Crippen molar-refractivity contribution in [3.05, 3.63) is 41.8 Å². The van der Waals surface area contributed by atoms with Crippen LogP contribution in [0.5, 0.6) is 0 Å². The third-order valence-corrected chi connectivity index (χ3v) is 3.83. The van der Waals surface area contributed by atoms with Crippen LogP contribution >= 0.6 is 24.0 Å². The Hall–Kier alpha value is -1.61. The van der Waals surface area contributed by atoms with E-state index in [2.05, 4.69) is 39.7 Å². The minimum Gasteiger partial charge on any atom is -0.444 e. The van der Waals surface area contributed by atoms with Gasteiger partial charge in [0.05, 0.1) is 12.2 Å². The number of rotatable bonds is 9. The van der Waals surface area contributed by atoms with E-state index in [4.69, 9.17) is 9.15 Å². The van der Waals surface area contributed by atoms with Gasteiger partial charge in [-0.3, -0.25) is 4.99 Å². The molecule has 0 aliphatic rings. The molecule has 6 nitrogen and oxygen atoms in total. The van der Waals surface area contributed by atoms with Gasteiger partial charge in [0, 0.05) is 32.9 Å². The topological polar surface area (TPSA) is 71.7 Å². The molecule has 144 valence electrons. The number of ether oxygens (including phenoxy) is 1. The number of methoxy groups -OCH3 is 1. The SMILES string of the molecule is CN=C(NCCCCCOC)NCc1coc(-c2ccc(C)cc2)n1.I. The van der Waals surface area contributed by atoms with Crippen LogP contribution in [-0.4, -0.2) is 38.3 Å². The average molecular weight is 472 g/mol. The molecule has 0 spiro atoms. The van der Waals surface area contributed by atoms with E-state index in [0.29, 0.717) is 12.4 Å². The molecule has 2 aromatic rings. The predicted octanol–water partition coefficient (Wildman–Crippen LogP) is 3.75. The molecule has 0 radical (unpaired) electrons. The number of hydrogen-bond acceptors (Lipinski definition) is 4. The van der Waals surface area contributed by atoms with Crippen LogP contribution in [0.4, 0.5) is 0 Å². The third kappa shape index (κ3) is 7.74. The van der Waals surface area contributed by atoms with E-state index in [1.807, 2.05) is 12.1 Å². The lowest BCUT2D eigenvalue weighted by Crippen LogP contribution is -2.37. The number of nitrogens with zero attached hydrogens (tertiary/aromatic N) is 2. The Kier molecular flexibility index (Phi) is 11.0. The summed E-state index contributed by atoms with van der Waals surface area (Å²) in [5.41, 5.74) is 3.04. The molecule has 26 heavy (non-hydrogen) atoms. The molecule has 0 atom stereocenters. The highest BCUT2D eigenvalue weighted by Crippen LogP contribution is 2.18. The van der Waals surface area contributed by atoms with Crippen molar-refractivity contribution in [3.63, 3.8) is 0 Å². The largest absolute Gasteiger partial charge is 0.444 e. The molecule has 2 rings (SSSR count). The number of guanidine groups is 1.